The van der Waals surface area contributed by atoms with Gasteiger partial charge in [0.1, 0.15) is 11.9 Å². The number of amides is 2. The largest absolute Gasteiger partial charge is 0.372 e. The van der Waals surface area contributed by atoms with Crippen LogP contribution in [0.25, 0.3) is 0 Å². The molecule has 2 amide bonds. The fraction of sp³-hybridized carbons (Fsp3) is 0.455. The first-order valence-electron chi connectivity index (χ1n) is 5.75. The van der Waals surface area contributed by atoms with Crippen LogP contribution in [0.5, 0.6) is 0 Å². The minimum absolute atomic E-state index is 0.117. The van der Waals surface area contributed by atoms with Gasteiger partial charge >= 0.3 is 0 Å². The zero-order valence-electron chi connectivity index (χ0n) is 10.3. The molecule has 1 aliphatic rings. The predicted molar refractivity (Wildman–Crippen MR) is 66.2 cm³/mol. The fourth-order valence-corrected chi connectivity index (χ4v) is 1.93. The molecule has 96 valence electrons. The number of nitrogens with one attached hydrogen (secondary N) is 2. The van der Waals surface area contributed by atoms with Gasteiger partial charge in [-0.3, -0.25) is 19.9 Å². The molecule has 1 fully saturated rings. The fourth-order valence-electron chi connectivity index (χ4n) is 1.93. The molecule has 1 atom stereocenters. The quantitative estimate of drug-likeness (QED) is 0.719. The number of carbonyl (C=O) groups is 2. The van der Waals surface area contributed by atoms with Crippen molar-refractivity contribution in [3.05, 3.63) is 12.4 Å². The summed E-state index contributed by atoms with van der Waals surface area (Å²) < 4.78 is 0. The second-order valence-electron chi connectivity index (χ2n) is 3.98. The number of nitrogens with zero attached hydrogens (tertiary/aromatic N) is 3. The van der Waals surface area contributed by atoms with E-state index in [4.69, 9.17) is 0 Å². The predicted octanol–water partition coefficient (Wildman–Crippen LogP) is -0.240. The first kappa shape index (κ1) is 12.3. The van der Waals surface area contributed by atoms with Gasteiger partial charge in [-0.1, -0.05) is 6.92 Å². The molecular formula is C11H15N5O2. The molecule has 0 spiro atoms. The maximum absolute atomic E-state index is 11.7. The molecule has 0 aromatic carbocycles. The summed E-state index contributed by atoms with van der Waals surface area (Å²) >= 11 is 0. The molecule has 1 saturated heterocycles. The summed E-state index contributed by atoms with van der Waals surface area (Å²) in [6, 6.07) is -0.385. The highest BCUT2D eigenvalue weighted by Crippen LogP contribution is 2.19. The van der Waals surface area contributed by atoms with Crippen LogP contribution in [0, 0.1) is 0 Å². The maximum Gasteiger partial charge on any atom is 0.249 e. The number of piperazine rings is 1. The Morgan fingerprint density at radius 1 is 1.50 bits per heavy atom. The number of aromatic nitrogens is 2. The summed E-state index contributed by atoms with van der Waals surface area (Å²) in [5.74, 6) is 0.518. The lowest BCUT2D eigenvalue weighted by molar-refractivity contribution is -0.132. The standard InChI is InChI=1S/C11H15N5O2/c1-3-7-11(18)15-10(17)6-16(7)9-5-13-4-8(12-2)14-9/h4-5,7H,3,6H2,1-2H3,(H,12,14)(H,15,17,18). The van der Waals surface area contributed by atoms with Crippen molar-refractivity contribution in [2.45, 2.75) is 19.4 Å². The number of rotatable bonds is 3. The Bertz CT molecular complexity index is 476. The van der Waals surface area contributed by atoms with Gasteiger partial charge in [-0.25, -0.2) is 4.98 Å². The van der Waals surface area contributed by atoms with Crippen LogP contribution >= 0.6 is 0 Å². The lowest BCUT2D eigenvalue weighted by Crippen LogP contribution is -2.58. The van der Waals surface area contributed by atoms with Gasteiger partial charge in [-0.2, -0.15) is 0 Å². The van der Waals surface area contributed by atoms with E-state index in [0.717, 1.165) is 0 Å². The minimum Gasteiger partial charge on any atom is -0.372 e. The summed E-state index contributed by atoms with van der Waals surface area (Å²) in [6.45, 7) is 2.01. The maximum atomic E-state index is 11.7. The minimum atomic E-state index is -0.385. The van der Waals surface area contributed by atoms with Gasteiger partial charge in [0.15, 0.2) is 5.82 Å². The van der Waals surface area contributed by atoms with Crippen molar-refractivity contribution in [2.24, 2.45) is 0 Å². The Kier molecular flexibility index (Phi) is 3.40. The lowest BCUT2D eigenvalue weighted by Gasteiger charge is -2.34. The van der Waals surface area contributed by atoms with Crippen molar-refractivity contribution in [2.75, 3.05) is 23.8 Å². The Hall–Kier alpha value is -2.18. The van der Waals surface area contributed by atoms with E-state index in [1.165, 1.54) is 0 Å². The molecule has 2 rings (SSSR count). The van der Waals surface area contributed by atoms with Crippen LogP contribution in [0.4, 0.5) is 11.6 Å². The molecule has 1 aromatic rings. The van der Waals surface area contributed by atoms with E-state index in [-0.39, 0.29) is 24.4 Å². The highest BCUT2D eigenvalue weighted by Gasteiger charge is 2.33. The van der Waals surface area contributed by atoms with E-state index in [0.29, 0.717) is 18.1 Å². The van der Waals surface area contributed by atoms with Crippen LogP contribution in [-0.2, 0) is 9.59 Å². The monoisotopic (exact) mass is 249 g/mol. The number of hydrogen-bond acceptors (Lipinski definition) is 6. The smallest absolute Gasteiger partial charge is 0.249 e. The van der Waals surface area contributed by atoms with Gasteiger partial charge in [0.05, 0.1) is 18.9 Å². The number of anilines is 2. The van der Waals surface area contributed by atoms with Gasteiger partial charge in [0.2, 0.25) is 11.8 Å². The van der Waals surface area contributed by atoms with Crippen molar-refractivity contribution >= 4 is 23.5 Å². The zero-order valence-corrected chi connectivity index (χ0v) is 10.3. The molecule has 0 radical (unpaired) electrons. The second-order valence-corrected chi connectivity index (χ2v) is 3.98. The van der Waals surface area contributed by atoms with Crippen molar-refractivity contribution in [1.29, 1.82) is 0 Å². The third kappa shape index (κ3) is 2.24. The molecule has 0 bridgehead atoms. The molecule has 2 heterocycles. The van der Waals surface area contributed by atoms with Crippen LogP contribution in [0.3, 0.4) is 0 Å². The van der Waals surface area contributed by atoms with E-state index < -0.39 is 0 Å². The highest BCUT2D eigenvalue weighted by atomic mass is 16.2. The molecule has 7 heteroatoms. The third-order valence-electron chi connectivity index (χ3n) is 2.81. The van der Waals surface area contributed by atoms with E-state index in [9.17, 15) is 9.59 Å². The van der Waals surface area contributed by atoms with Crippen LogP contribution in [0.15, 0.2) is 12.4 Å². The Morgan fingerprint density at radius 3 is 2.94 bits per heavy atom. The normalized spacial score (nSPS) is 19.7. The molecule has 0 aliphatic carbocycles. The number of hydrogen-bond donors (Lipinski definition) is 2. The Labute approximate surface area is 105 Å². The Balaban J connectivity index is 2.33. The number of imide groups is 1. The van der Waals surface area contributed by atoms with Crippen molar-refractivity contribution < 1.29 is 9.59 Å². The molecule has 1 aliphatic heterocycles. The first-order valence-corrected chi connectivity index (χ1v) is 5.75. The lowest BCUT2D eigenvalue weighted by atomic mass is 10.1. The van der Waals surface area contributed by atoms with Crippen LogP contribution < -0.4 is 15.5 Å². The second kappa shape index (κ2) is 4.99. The molecule has 0 saturated carbocycles. The molecule has 7 nitrogen and oxygen atoms in total. The topological polar surface area (TPSA) is 87.2 Å². The summed E-state index contributed by atoms with van der Waals surface area (Å²) in [4.78, 5) is 33.2. The SMILES string of the molecule is CCC1C(=O)NC(=O)CN1c1cncc(NC)n1. The van der Waals surface area contributed by atoms with Crippen LogP contribution in [0.2, 0.25) is 0 Å². The average molecular weight is 249 g/mol. The van der Waals surface area contributed by atoms with Gasteiger partial charge in [-0.15, -0.1) is 0 Å². The summed E-state index contributed by atoms with van der Waals surface area (Å²) in [5, 5.41) is 5.20. The van der Waals surface area contributed by atoms with Crippen LogP contribution in [-0.4, -0.2) is 41.4 Å². The molecule has 1 aromatic heterocycles. The molecular weight excluding hydrogens is 234 g/mol. The van der Waals surface area contributed by atoms with E-state index >= 15 is 0 Å². The van der Waals surface area contributed by atoms with E-state index in [1.54, 1.807) is 24.3 Å². The average Bonchev–Trinajstić information content (AvgIpc) is 2.38. The Morgan fingerprint density at radius 2 is 2.28 bits per heavy atom. The zero-order chi connectivity index (χ0) is 13.1. The van der Waals surface area contributed by atoms with Crippen molar-refractivity contribution in [3.8, 4) is 0 Å². The highest BCUT2D eigenvalue weighted by molar-refractivity contribution is 6.04. The van der Waals surface area contributed by atoms with Crippen molar-refractivity contribution in [3.63, 3.8) is 0 Å². The van der Waals surface area contributed by atoms with E-state index in [2.05, 4.69) is 20.6 Å². The van der Waals surface area contributed by atoms with Gasteiger partial charge < -0.3 is 10.2 Å². The summed E-state index contributed by atoms with van der Waals surface area (Å²) in [7, 11) is 1.74. The summed E-state index contributed by atoms with van der Waals surface area (Å²) in [6.07, 6.45) is 3.73. The summed E-state index contributed by atoms with van der Waals surface area (Å²) in [5.41, 5.74) is 0. The van der Waals surface area contributed by atoms with Gasteiger partial charge in [0.25, 0.3) is 0 Å². The van der Waals surface area contributed by atoms with E-state index in [1.807, 2.05) is 6.92 Å². The molecule has 1 unspecified atom stereocenters. The van der Waals surface area contributed by atoms with Gasteiger partial charge in [-0.05, 0) is 6.42 Å². The third-order valence-corrected chi connectivity index (χ3v) is 2.81. The number of carbonyl (C=O) groups excluding carboxylic acids is 2. The molecule has 2 N–H and O–H groups in total. The van der Waals surface area contributed by atoms with Gasteiger partial charge in [0, 0.05) is 7.05 Å². The van der Waals surface area contributed by atoms with Crippen LogP contribution in [0.1, 0.15) is 13.3 Å². The molecule has 18 heavy (non-hydrogen) atoms. The first-order chi connectivity index (χ1) is 8.65. The van der Waals surface area contributed by atoms with Crippen molar-refractivity contribution in [1.82, 2.24) is 15.3 Å².